The number of carbonyl (C=O) groups excluding carboxylic acids is 1. The van der Waals surface area contributed by atoms with Crippen LogP contribution in [0.3, 0.4) is 0 Å². The van der Waals surface area contributed by atoms with E-state index in [0.29, 0.717) is 11.4 Å². The zero-order chi connectivity index (χ0) is 22.3. The van der Waals surface area contributed by atoms with Crippen LogP contribution in [0.2, 0.25) is 0 Å². The van der Waals surface area contributed by atoms with Gasteiger partial charge in [-0.25, -0.2) is 5.84 Å². The number of nitrogens with two attached hydrogens (primary N) is 1. The molecule has 3 aromatic carbocycles. The monoisotopic (exact) mass is 466 g/mol. The summed E-state index contributed by atoms with van der Waals surface area (Å²) in [6.07, 6.45) is 0.803. The van der Waals surface area contributed by atoms with Gasteiger partial charge in [0, 0.05) is 11.3 Å². The van der Waals surface area contributed by atoms with Crippen LogP contribution in [0.5, 0.6) is 11.5 Å². The first-order valence-corrected chi connectivity index (χ1v) is 10.4. The number of ether oxygens (including phenoxy) is 2. The molecular formula is C25H27ClN4O3. The first-order valence-electron chi connectivity index (χ1n) is 10.4. The zero-order valence-corrected chi connectivity index (χ0v) is 19.2. The molecule has 0 aromatic heterocycles. The summed E-state index contributed by atoms with van der Waals surface area (Å²) < 4.78 is 10.7. The van der Waals surface area contributed by atoms with Crippen LogP contribution in [0.1, 0.15) is 16.7 Å². The molecule has 4 rings (SSSR count). The Balaban J connectivity index is 0.00000306. The molecule has 0 radical (unpaired) electrons. The summed E-state index contributed by atoms with van der Waals surface area (Å²) in [4.78, 5) is 16.5. The molecule has 8 heteroatoms. The summed E-state index contributed by atoms with van der Waals surface area (Å²) in [5.41, 5.74) is 4.08. The van der Waals surface area contributed by atoms with Gasteiger partial charge in [0.2, 0.25) is 0 Å². The van der Waals surface area contributed by atoms with Gasteiger partial charge in [-0.1, -0.05) is 36.4 Å². The molecule has 0 unspecified atom stereocenters. The SMILES string of the molecule is COc1ccc(NC(=O)COc2ccc(Cc3ccc(C4=NCCN4N)cc3)cc2)cc1.Cl. The second kappa shape index (κ2) is 11.4. The maximum absolute atomic E-state index is 12.1. The van der Waals surface area contributed by atoms with Crippen molar-refractivity contribution in [1.82, 2.24) is 5.01 Å². The van der Waals surface area contributed by atoms with Crippen molar-refractivity contribution in [2.24, 2.45) is 10.8 Å². The van der Waals surface area contributed by atoms with E-state index in [0.717, 1.165) is 42.2 Å². The lowest BCUT2D eigenvalue weighted by Gasteiger charge is -2.13. The van der Waals surface area contributed by atoms with Crippen molar-refractivity contribution in [2.45, 2.75) is 6.42 Å². The summed E-state index contributed by atoms with van der Waals surface area (Å²) in [6, 6.07) is 23.2. The number of rotatable bonds is 8. The van der Waals surface area contributed by atoms with Gasteiger partial charge in [-0.05, 0) is 53.9 Å². The highest BCUT2D eigenvalue weighted by molar-refractivity contribution is 5.99. The molecule has 33 heavy (non-hydrogen) atoms. The molecule has 1 heterocycles. The Morgan fingerprint density at radius 1 is 0.970 bits per heavy atom. The fourth-order valence-corrected chi connectivity index (χ4v) is 3.45. The van der Waals surface area contributed by atoms with Gasteiger partial charge in [0.25, 0.3) is 5.91 Å². The van der Waals surface area contributed by atoms with Gasteiger partial charge >= 0.3 is 0 Å². The number of anilines is 1. The van der Waals surface area contributed by atoms with E-state index in [1.165, 1.54) is 5.56 Å². The van der Waals surface area contributed by atoms with E-state index >= 15 is 0 Å². The van der Waals surface area contributed by atoms with Crippen LogP contribution < -0.4 is 20.6 Å². The van der Waals surface area contributed by atoms with E-state index in [1.54, 1.807) is 36.4 Å². The Morgan fingerprint density at radius 2 is 1.58 bits per heavy atom. The summed E-state index contributed by atoms with van der Waals surface area (Å²) >= 11 is 0. The van der Waals surface area contributed by atoms with Gasteiger partial charge in [0.05, 0.1) is 20.2 Å². The number of hydrogen-bond acceptors (Lipinski definition) is 6. The number of hydrazine groups is 1. The molecule has 0 spiro atoms. The van der Waals surface area contributed by atoms with Crippen molar-refractivity contribution in [3.63, 3.8) is 0 Å². The molecule has 3 N–H and O–H groups in total. The third-order valence-electron chi connectivity index (χ3n) is 5.16. The molecule has 0 aliphatic carbocycles. The second-order valence-corrected chi connectivity index (χ2v) is 7.48. The van der Waals surface area contributed by atoms with Crippen LogP contribution in [0, 0.1) is 0 Å². The predicted molar refractivity (Wildman–Crippen MR) is 132 cm³/mol. The normalized spacial score (nSPS) is 12.5. The van der Waals surface area contributed by atoms with E-state index in [2.05, 4.69) is 34.6 Å². The number of methoxy groups -OCH3 is 1. The van der Waals surface area contributed by atoms with Crippen LogP contribution >= 0.6 is 12.4 Å². The maximum atomic E-state index is 12.1. The third kappa shape index (κ3) is 6.47. The molecular weight excluding hydrogens is 440 g/mol. The van der Waals surface area contributed by atoms with E-state index in [9.17, 15) is 4.79 Å². The Kier molecular flexibility index (Phi) is 8.29. The quantitative estimate of drug-likeness (QED) is 0.494. The van der Waals surface area contributed by atoms with Gasteiger partial charge < -0.3 is 14.8 Å². The topological polar surface area (TPSA) is 89.2 Å². The smallest absolute Gasteiger partial charge is 0.262 e. The number of nitrogens with zero attached hydrogens (tertiary/aromatic N) is 2. The molecule has 7 nitrogen and oxygen atoms in total. The van der Waals surface area contributed by atoms with E-state index in [4.69, 9.17) is 15.3 Å². The molecule has 1 aliphatic heterocycles. The lowest BCUT2D eigenvalue weighted by atomic mass is 10.0. The molecule has 0 bridgehead atoms. The number of hydrogen-bond donors (Lipinski definition) is 2. The number of amides is 1. The van der Waals surface area contributed by atoms with Crippen LogP contribution in [-0.4, -0.2) is 43.6 Å². The summed E-state index contributed by atoms with van der Waals surface area (Å²) in [7, 11) is 1.60. The van der Waals surface area contributed by atoms with Crippen molar-refractivity contribution >= 4 is 29.8 Å². The minimum atomic E-state index is -0.220. The Labute approximate surface area is 199 Å². The minimum absolute atomic E-state index is 0. The molecule has 3 aromatic rings. The summed E-state index contributed by atoms with van der Waals surface area (Å²) in [5.74, 6) is 7.95. The van der Waals surface area contributed by atoms with E-state index in [-0.39, 0.29) is 24.9 Å². The highest BCUT2D eigenvalue weighted by Crippen LogP contribution is 2.18. The Hall–Kier alpha value is -3.55. The second-order valence-electron chi connectivity index (χ2n) is 7.48. The van der Waals surface area contributed by atoms with Gasteiger partial charge in [0.1, 0.15) is 17.3 Å². The molecule has 1 aliphatic rings. The number of benzene rings is 3. The standard InChI is InChI=1S/C25H26N4O3.ClH/c1-31-22-12-8-21(9-13-22)28-24(30)17-32-23-10-4-19(5-11-23)16-18-2-6-20(7-3-18)25-27-14-15-29(25)26;/h2-13H,14-17,26H2,1H3,(H,28,30);1H. The molecule has 0 saturated carbocycles. The zero-order valence-electron chi connectivity index (χ0n) is 18.4. The molecule has 0 fully saturated rings. The highest BCUT2D eigenvalue weighted by atomic mass is 35.5. The van der Waals surface area contributed by atoms with Gasteiger partial charge in [-0.3, -0.25) is 14.8 Å². The first kappa shape index (κ1) is 24.1. The van der Waals surface area contributed by atoms with Gasteiger partial charge in [-0.15, -0.1) is 12.4 Å². The van der Waals surface area contributed by atoms with Crippen molar-refractivity contribution in [2.75, 3.05) is 32.1 Å². The number of carbonyl (C=O) groups is 1. The third-order valence-corrected chi connectivity index (χ3v) is 5.16. The lowest BCUT2D eigenvalue weighted by molar-refractivity contribution is -0.118. The van der Waals surface area contributed by atoms with E-state index < -0.39 is 0 Å². The van der Waals surface area contributed by atoms with Crippen molar-refractivity contribution in [3.8, 4) is 11.5 Å². The Bertz CT molecular complexity index is 1080. The van der Waals surface area contributed by atoms with E-state index in [1.807, 2.05) is 24.3 Å². The largest absolute Gasteiger partial charge is 0.497 e. The number of halogens is 1. The molecule has 0 saturated heterocycles. The number of amidine groups is 1. The first-order chi connectivity index (χ1) is 15.6. The highest BCUT2D eigenvalue weighted by Gasteiger charge is 2.14. The number of nitrogens with one attached hydrogen (secondary N) is 1. The van der Waals surface area contributed by atoms with Crippen molar-refractivity contribution in [1.29, 1.82) is 0 Å². The molecule has 172 valence electrons. The number of aliphatic imine (C=N–C) groups is 1. The van der Waals surface area contributed by atoms with Crippen LogP contribution in [0.25, 0.3) is 0 Å². The predicted octanol–water partition coefficient (Wildman–Crippen LogP) is 3.66. The van der Waals surface area contributed by atoms with Crippen LogP contribution in [-0.2, 0) is 11.2 Å². The van der Waals surface area contributed by atoms with Gasteiger partial charge in [0.15, 0.2) is 6.61 Å². The fraction of sp³-hybridized carbons (Fsp3) is 0.200. The average Bonchev–Trinajstić information content (AvgIpc) is 3.25. The molecule has 1 amide bonds. The average molecular weight is 467 g/mol. The maximum Gasteiger partial charge on any atom is 0.262 e. The molecule has 0 atom stereocenters. The Morgan fingerprint density at radius 3 is 2.15 bits per heavy atom. The van der Waals surface area contributed by atoms with Gasteiger partial charge in [-0.2, -0.15) is 0 Å². The fourth-order valence-electron chi connectivity index (χ4n) is 3.45. The summed E-state index contributed by atoms with van der Waals surface area (Å²) in [6.45, 7) is 1.44. The van der Waals surface area contributed by atoms with Crippen molar-refractivity contribution in [3.05, 3.63) is 89.5 Å². The lowest BCUT2D eigenvalue weighted by Crippen LogP contribution is -2.34. The minimum Gasteiger partial charge on any atom is -0.497 e. The summed E-state index contributed by atoms with van der Waals surface area (Å²) in [5, 5.41) is 4.48. The van der Waals surface area contributed by atoms with Crippen LogP contribution in [0.15, 0.2) is 77.8 Å². The van der Waals surface area contributed by atoms with Crippen LogP contribution in [0.4, 0.5) is 5.69 Å². The van der Waals surface area contributed by atoms with Crippen molar-refractivity contribution < 1.29 is 14.3 Å².